The molecule has 0 aliphatic rings. The fraction of sp³-hybridized carbons (Fsp3) is 0.667. The zero-order valence-electron chi connectivity index (χ0n) is 11.0. The van der Waals surface area contributed by atoms with Crippen molar-refractivity contribution in [1.29, 1.82) is 0 Å². The van der Waals surface area contributed by atoms with E-state index in [0.717, 1.165) is 12.1 Å². The average molecular weight is 238 g/mol. The van der Waals surface area contributed by atoms with E-state index in [4.69, 9.17) is 5.73 Å². The summed E-state index contributed by atoms with van der Waals surface area (Å²) in [7, 11) is 1.79. The second-order valence-corrected chi connectivity index (χ2v) is 4.83. The Kier molecular flexibility index (Phi) is 4.69. The lowest BCUT2D eigenvalue weighted by atomic mass is 10.0. The van der Waals surface area contributed by atoms with Crippen molar-refractivity contribution in [1.82, 2.24) is 15.1 Å². The van der Waals surface area contributed by atoms with Gasteiger partial charge in [-0.2, -0.15) is 5.10 Å². The summed E-state index contributed by atoms with van der Waals surface area (Å²) in [6.07, 6.45) is 2.38. The number of amides is 1. The lowest BCUT2D eigenvalue weighted by molar-refractivity contribution is 0.0788. The molecular weight excluding hydrogens is 216 g/mol. The van der Waals surface area contributed by atoms with Crippen LogP contribution in [0.3, 0.4) is 0 Å². The molecule has 1 unspecified atom stereocenters. The molecule has 0 radical (unpaired) electrons. The summed E-state index contributed by atoms with van der Waals surface area (Å²) in [5, 5.41) is 6.62. The van der Waals surface area contributed by atoms with Crippen molar-refractivity contribution in [2.24, 2.45) is 11.7 Å². The second kappa shape index (κ2) is 5.82. The number of H-pyrrole nitrogens is 1. The molecule has 1 rings (SSSR count). The average Bonchev–Trinajstić information content (AvgIpc) is 2.70. The fourth-order valence-electron chi connectivity index (χ4n) is 1.55. The van der Waals surface area contributed by atoms with Crippen LogP contribution in [-0.4, -0.2) is 40.6 Å². The van der Waals surface area contributed by atoms with Crippen LogP contribution in [-0.2, 0) is 0 Å². The summed E-state index contributed by atoms with van der Waals surface area (Å²) in [6.45, 7) is 6.69. The molecule has 0 saturated heterocycles. The minimum Gasteiger partial charge on any atom is -0.342 e. The predicted octanol–water partition coefficient (Wildman–Crippen LogP) is 1.16. The van der Waals surface area contributed by atoms with E-state index < -0.39 is 0 Å². The van der Waals surface area contributed by atoms with Crippen LogP contribution in [0.15, 0.2) is 6.20 Å². The highest BCUT2D eigenvalue weighted by atomic mass is 16.2. The zero-order valence-corrected chi connectivity index (χ0v) is 11.0. The smallest absolute Gasteiger partial charge is 0.257 e. The van der Waals surface area contributed by atoms with Crippen LogP contribution < -0.4 is 5.73 Å². The van der Waals surface area contributed by atoms with Crippen molar-refractivity contribution >= 4 is 5.91 Å². The van der Waals surface area contributed by atoms with Gasteiger partial charge in [0.25, 0.3) is 5.91 Å². The largest absolute Gasteiger partial charge is 0.342 e. The van der Waals surface area contributed by atoms with E-state index in [0.29, 0.717) is 18.0 Å². The Morgan fingerprint density at radius 1 is 1.59 bits per heavy atom. The summed E-state index contributed by atoms with van der Waals surface area (Å²) in [5.74, 6) is 0.432. The van der Waals surface area contributed by atoms with Gasteiger partial charge in [-0.1, -0.05) is 13.8 Å². The lowest BCUT2D eigenvalue weighted by Gasteiger charge is -2.21. The number of aryl methyl sites for hydroxylation is 1. The third kappa shape index (κ3) is 3.56. The normalized spacial score (nSPS) is 12.8. The molecule has 3 N–H and O–H groups in total. The zero-order chi connectivity index (χ0) is 13.0. The minimum absolute atomic E-state index is 0.00722. The maximum absolute atomic E-state index is 12.0. The molecule has 1 aromatic heterocycles. The van der Waals surface area contributed by atoms with Crippen LogP contribution in [0.25, 0.3) is 0 Å². The van der Waals surface area contributed by atoms with Crippen LogP contribution in [0, 0.1) is 12.8 Å². The number of rotatable bonds is 5. The quantitative estimate of drug-likeness (QED) is 0.808. The molecule has 1 amide bonds. The molecule has 0 aliphatic heterocycles. The van der Waals surface area contributed by atoms with E-state index in [2.05, 4.69) is 24.0 Å². The number of nitrogens with zero attached hydrogens (tertiary/aromatic N) is 2. The summed E-state index contributed by atoms with van der Waals surface area (Å²) in [6, 6.07) is 0.135. The molecule has 17 heavy (non-hydrogen) atoms. The standard InChI is InChI=1S/C12H22N4O/c1-8(2)11(13)5-6-16(4)12(17)10-7-14-15-9(10)3/h7-8,11H,5-6,13H2,1-4H3,(H,14,15). The predicted molar refractivity (Wildman–Crippen MR) is 67.7 cm³/mol. The molecule has 0 spiro atoms. The number of aromatic nitrogens is 2. The van der Waals surface area contributed by atoms with E-state index in [1.807, 2.05) is 6.92 Å². The Morgan fingerprint density at radius 2 is 2.24 bits per heavy atom. The van der Waals surface area contributed by atoms with E-state index in [-0.39, 0.29) is 11.9 Å². The lowest BCUT2D eigenvalue weighted by Crippen LogP contribution is -2.34. The molecule has 0 aromatic carbocycles. The van der Waals surface area contributed by atoms with Crippen molar-refractivity contribution < 1.29 is 4.79 Å². The molecule has 0 fully saturated rings. The van der Waals surface area contributed by atoms with Gasteiger partial charge in [0.1, 0.15) is 0 Å². The van der Waals surface area contributed by atoms with E-state index in [1.165, 1.54) is 0 Å². The molecular formula is C12H22N4O. The molecule has 0 aliphatic carbocycles. The number of hydrogen-bond donors (Lipinski definition) is 2. The Morgan fingerprint density at radius 3 is 2.71 bits per heavy atom. The summed E-state index contributed by atoms with van der Waals surface area (Å²) >= 11 is 0. The molecule has 0 saturated carbocycles. The molecule has 5 nitrogen and oxygen atoms in total. The Hall–Kier alpha value is -1.36. The number of carbonyl (C=O) groups is 1. The molecule has 0 bridgehead atoms. The summed E-state index contributed by atoms with van der Waals surface area (Å²) < 4.78 is 0. The number of hydrogen-bond acceptors (Lipinski definition) is 3. The molecule has 1 heterocycles. The van der Waals surface area contributed by atoms with Gasteiger partial charge in [-0.05, 0) is 19.3 Å². The van der Waals surface area contributed by atoms with E-state index in [9.17, 15) is 4.79 Å². The monoisotopic (exact) mass is 238 g/mol. The second-order valence-electron chi connectivity index (χ2n) is 4.83. The molecule has 96 valence electrons. The van der Waals surface area contributed by atoms with Gasteiger partial charge in [-0.15, -0.1) is 0 Å². The minimum atomic E-state index is -0.00722. The van der Waals surface area contributed by atoms with Gasteiger partial charge < -0.3 is 10.6 Å². The first kappa shape index (κ1) is 13.7. The first-order chi connectivity index (χ1) is 7.93. The highest BCUT2D eigenvalue weighted by Crippen LogP contribution is 2.08. The van der Waals surface area contributed by atoms with Crippen LogP contribution in [0.2, 0.25) is 0 Å². The summed E-state index contributed by atoms with van der Waals surface area (Å²) in [4.78, 5) is 13.7. The first-order valence-electron chi connectivity index (χ1n) is 5.94. The fourth-order valence-corrected chi connectivity index (χ4v) is 1.55. The highest BCUT2D eigenvalue weighted by molar-refractivity contribution is 5.94. The third-order valence-electron chi connectivity index (χ3n) is 3.06. The van der Waals surface area contributed by atoms with Crippen LogP contribution in [0.5, 0.6) is 0 Å². The molecule has 1 atom stereocenters. The van der Waals surface area contributed by atoms with Gasteiger partial charge >= 0.3 is 0 Å². The van der Waals surface area contributed by atoms with Crippen molar-refractivity contribution in [2.45, 2.75) is 33.2 Å². The number of aromatic amines is 1. The maximum atomic E-state index is 12.0. The van der Waals surface area contributed by atoms with Gasteiger partial charge in [-0.3, -0.25) is 9.89 Å². The van der Waals surface area contributed by atoms with Gasteiger partial charge in [0.15, 0.2) is 0 Å². The van der Waals surface area contributed by atoms with E-state index in [1.54, 1.807) is 18.1 Å². The van der Waals surface area contributed by atoms with Crippen molar-refractivity contribution in [2.75, 3.05) is 13.6 Å². The van der Waals surface area contributed by atoms with Gasteiger partial charge in [0.05, 0.1) is 11.8 Å². The Labute approximate surface area is 102 Å². The van der Waals surface area contributed by atoms with Crippen molar-refractivity contribution in [3.05, 3.63) is 17.5 Å². The van der Waals surface area contributed by atoms with Crippen molar-refractivity contribution in [3.63, 3.8) is 0 Å². The number of nitrogens with two attached hydrogens (primary N) is 1. The topological polar surface area (TPSA) is 75.0 Å². The number of nitrogens with one attached hydrogen (secondary N) is 1. The van der Waals surface area contributed by atoms with Crippen LogP contribution in [0.1, 0.15) is 36.3 Å². The van der Waals surface area contributed by atoms with Gasteiger partial charge in [-0.25, -0.2) is 0 Å². The summed E-state index contributed by atoms with van der Waals surface area (Å²) in [5.41, 5.74) is 7.39. The molecule has 1 aromatic rings. The SMILES string of the molecule is Cc1[nH]ncc1C(=O)N(C)CCC(N)C(C)C. The maximum Gasteiger partial charge on any atom is 0.257 e. The highest BCUT2D eigenvalue weighted by Gasteiger charge is 2.17. The third-order valence-corrected chi connectivity index (χ3v) is 3.06. The van der Waals surface area contributed by atoms with E-state index >= 15 is 0 Å². The van der Waals surface area contributed by atoms with Crippen molar-refractivity contribution in [3.8, 4) is 0 Å². The van der Waals surface area contributed by atoms with Crippen LogP contribution >= 0.6 is 0 Å². The van der Waals surface area contributed by atoms with Gasteiger partial charge in [0.2, 0.25) is 0 Å². The van der Waals surface area contributed by atoms with Crippen LogP contribution in [0.4, 0.5) is 0 Å². The number of carbonyl (C=O) groups excluding carboxylic acids is 1. The molecule has 5 heteroatoms. The first-order valence-corrected chi connectivity index (χ1v) is 5.94. The Balaban J connectivity index is 2.51. The Bertz CT molecular complexity index is 372. The van der Waals surface area contributed by atoms with Gasteiger partial charge in [0, 0.05) is 25.3 Å².